The number of furan rings is 1. The summed E-state index contributed by atoms with van der Waals surface area (Å²) in [4.78, 5) is 28.1. The summed E-state index contributed by atoms with van der Waals surface area (Å²) in [5.74, 6) is 0.426. The third-order valence-corrected chi connectivity index (χ3v) is 6.55. The van der Waals surface area contributed by atoms with E-state index in [0.717, 1.165) is 17.5 Å². The highest BCUT2D eigenvalue weighted by Crippen LogP contribution is 2.43. The van der Waals surface area contributed by atoms with E-state index in [1.54, 1.807) is 37.4 Å². The molecule has 4 rings (SSSR count). The molecule has 7 nitrogen and oxygen atoms in total. The number of methoxy groups -OCH3 is 1. The fraction of sp³-hybridized carbons (Fsp3) is 0.333. The number of aliphatic hydroxyl groups excluding tert-OH is 1. The minimum atomic E-state index is -0.844. The molecule has 1 aromatic heterocycles. The second kappa shape index (κ2) is 10.9. The van der Waals surface area contributed by atoms with Crippen molar-refractivity contribution in [1.29, 1.82) is 0 Å². The highest BCUT2D eigenvalue weighted by atomic mass is 16.5. The molecule has 1 amide bonds. The number of rotatable bonds is 9. The van der Waals surface area contributed by atoms with Gasteiger partial charge in [0.05, 0.1) is 38.1 Å². The van der Waals surface area contributed by atoms with E-state index < -0.39 is 17.7 Å². The van der Waals surface area contributed by atoms with Gasteiger partial charge in [-0.1, -0.05) is 37.6 Å². The van der Waals surface area contributed by atoms with Crippen molar-refractivity contribution in [1.82, 2.24) is 4.90 Å². The van der Waals surface area contributed by atoms with E-state index in [2.05, 4.69) is 13.8 Å². The van der Waals surface area contributed by atoms with Crippen molar-refractivity contribution in [2.75, 3.05) is 13.7 Å². The number of likely N-dealkylation sites (tertiary alicyclic amines) is 1. The number of carbonyl (C=O) groups excluding carboxylic acids is 2. The summed E-state index contributed by atoms with van der Waals surface area (Å²) in [6, 6.07) is 13.6. The van der Waals surface area contributed by atoms with Crippen molar-refractivity contribution in [2.45, 2.75) is 46.7 Å². The Kier molecular flexibility index (Phi) is 7.71. The first-order valence-corrected chi connectivity index (χ1v) is 12.4. The second-order valence-corrected chi connectivity index (χ2v) is 9.77. The van der Waals surface area contributed by atoms with Gasteiger partial charge in [-0.3, -0.25) is 9.59 Å². The molecule has 1 N–H and O–H groups in total. The molecule has 2 aromatic carbocycles. The van der Waals surface area contributed by atoms with Crippen LogP contribution in [0, 0.1) is 19.8 Å². The Balaban J connectivity index is 1.83. The van der Waals surface area contributed by atoms with Gasteiger partial charge in [-0.2, -0.15) is 0 Å². The zero-order valence-corrected chi connectivity index (χ0v) is 21.9. The van der Waals surface area contributed by atoms with Crippen LogP contribution in [0.5, 0.6) is 11.5 Å². The van der Waals surface area contributed by atoms with Gasteiger partial charge in [0.1, 0.15) is 11.5 Å². The fourth-order valence-corrected chi connectivity index (χ4v) is 4.47. The number of aliphatic hydroxyl groups is 1. The molecule has 194 valence electrons. The second-order valence-electron chi connectivity index (χ2n) is 9.77. The highest BCUT2D eigenvalue weighted by Gasteiger charge is 2.46. The summed E-state index contributed by atoms with van der Waals surface area (Å²) in [5, 5.41) is 11.4. The molecular weight excluding hydrogens is 470 g/mol. The first kappa shape index (κ1) is 26.1. The van der Waals surface area contributed by atoms with E-state index in [9.17, 15) is 14.7 Å². The van der Waals surface area contributed by atoms with Crippen molar-refractivity contribution in [2.24, 2.45) is 5.92 Å². The van der Waals surface area contributed by atoms with Crippen LogP contribution in [0.4, 0.5) is 0 Å². The third kappa shape index (κ3) is 5.40. The van der Waals surface area contributed by atoms with Gasteiger partial charge in [-0.05, 0) is 67.6 Å². The molecule has 7 heteroatoms. The lowest BCUT2D eigenvalue weighted by molar-refractivity contribution is -0.140. The number of benzene rings is 2. The van der Waals surface area contributed by atoms with Crippen LogP contribution < -0.4 is 9.47 Å². The number of hydrogen-bond acceptors (Lipinski definition) is 6. The molecule has 1 unspecified atom stereocenters. The smallest absolute Gasteiger partial charge is 0.296 e. The summed E-state index contributed by atoms with van der Waals surface area (Å²) in [7, 11) is 1.55. The Labute approximate surface area is 217 Å². The topological polar surface area (TPSA) is 89.2 Å². The Morgan fingerprint density at radius 1 is 1.08 bits per heavy atom. The third-order valence-electron chi connectivity index (χ3n) is 6.55. The molecule has 37 heavy (non-hydrogen) atoms. The van der Waals surface area contributed by atoms with E-state index in [0.29, 0.717) is 40.9 Å². The summed E-state index contributed by atoms with van der Waals surface area (Å²) < 4.78 is 17.0. The lowest BCUT2D eigenvalue weighted by atomic mass is 9.93. The molecule has 0 aliphatic carbocycles. The van der Waals surface area contributed by atoms with E-state index in [-0.39, 0.29) is 17.9 Å². The molecule has 1 atom stereocenters. The molecule has 0 spiro atoms. The van der Waals surface area contributed by atoms with Gasteiger partial charge >= 0.3 is 0 Å². The number of Topliss-reactive ketones (excluding diaryl/α,β-unsaturated/α-hetero) is 1. The van der Waals surface area contributed by atoms with E-state index in [1.807, 2.05) is 32.0 Å². The number of nitrogens with zero attached hydrogens (tertiary/aromatic N) is 1. The van der Waals surface area contributed by atoms with Gasteiger partial charge in [-0.25, -0.2) is 0 Å². The minimum absolute atomic E-state index is 0.0285. The van der Waals surface area contributed by atoms with Crippen LogP contribution in [0.15, 0.2) is 64.8 Å². The average molecular weight is 504 g/mol. The predicted octanol–water partition coefficient (Wildman–Crippen LogP) is 5.95. The SMILES string of the molecule is COc1cc(C2/C(=C(\O)c3cc(C)ccc3C)C(=O)C(=O)N2Cc2ccco2)ccc1OCCC(C)C. The van der Waals surface area contributed by atoms with Crippen LogP contribution in [0.2, 0.25) is 0 Å². The van der Waals surface area contributed by atoms with E-state index in [4.69, 9.17) is 13.9 Å². The zero-order valence-electron chi connectivity index (χ0n) is 21.9. The molecule has 1 aliphatic heterocycles. The van der Waals surface area contributed by atoms with Crippen LogP contribution in [-0.2, 0) is 16.1 Å². The maximum atomic E-state index is 13.4. The lowest BCUT2D eigenvalue weighted by Gasteiger charge is -2.25. The Morgan fingerprint density at radius 2 is 1.86 bits per heavy atom. The zero-order chi connectivity index (χ0) is 26.7. The van der Waals surface area contributed by atoms with Crippen molar-refractivity contribution < 1.29 is 28.6 Å². The molecular formula is C30H33NO6. The minimum Gasteiger partial charge on any atom is -0.507 e. The number of hydrogen-bond donors (Lipinski definition) is 1. The number of ether oxygens (including phenoxy) is 2. The Bertz CT molecular complexity index is 1320. The Morgan fingerprint density at radius 3 is 2.54 bits per heavy atom. The monoisotopic (exact) mass is 503 g/mol. The molecule has 0 bridgehead atoms. The van der Waals surface area contributed by atoms with Gasteiger partial charge in [0.25, 0.3) is 11.7 Å². The van der Waals surface area contributed by atoms with Crippen LogP contribution in [-0.4, -0.2) is 35.4 Å². The maximum absolute atomic E-state index is 13.4. The van der Waals surface area contributed by atoms with Crippen molar-refractivity contribution in [3.8, 4) is 11.5 Å². The largest absolute Gasteiger partial charge is 0.507 e. The van der Waals surface area contributed by atoms with Gasteiger partial charge in [0.15, 0.2) is 11.5 Å². The summed E-state index contributed by atoms with van der Waals surface area (Å²) >= 11 is 0. The van der Waals surface area contributed by atoms with Gasteiger partial charge in [0, 0.05) is 5.56 Å². The molecule has 1 aliphatic rings. The van der Waals surface area contributed by atoms with Gasteiger partial charge in [0.2, 0.25) is 0 Å². The van der Waals surface area contributed by atoms with Crippen LogP contribution in [0.3, 0.4) is 0 Å². The Hall–Kier alpha value is -4.00. The van der Waals surface area contributed by atoms with Crippen LogP contribution in [0.1, 0.15) is 54.3 Å². The summed E-state index contributed by atoms with van der Waals surface area (Å²) in [5.41, 5.74) is 2.89. The molecule has 1 saturated heterocycles. The number of ketones is 1. The fourth-order valence-electron chi connectivity index (χ4n) is 4.47. The van der Waals surface area contributed by atoms with Gasteiger partial charge < -0.3 is 23.9 Å². The molecule has 0 saturated carbocycles. The number of amides is 1. The molecule has 3 aromatic rings. The first-order valence-electron chi connectivity index (χ1n) is 12.4. The van der Waals surface area contributed by atoms with Crippen LogP contribution in [0.25, 0.3) is 5.76 Å². The van der Waals surface area contributed by atoms with Crippen LogP contribution >= 0.6 is 0 Å². The maximum Gasteiger partial charge on any atom is 0.296 e. The lowest BCUT2D eigenvalue weighted by Crippen LogP contribution is -2.29. The first-order chi connectivity index (χ1) is 17.7. The van der Waals surface area contributed by atoms with E-state index >= 15 is 0 Å². The predicted molar refractivity (Wildman–Crippen MR) is 140 cm³/mol. The van der Waals surface area contributed by atoms with E-state index in [1.165, 1.54) is 11.2 Å². The normalized spacial score (nSPS) is 17.0. The van der Waals surface area contributed by atoms with Gasteiger partial charge in [-0.15, -0.1) is 0 Å². The number of carbonyl (C=O) groups is 2. The molecule has 1 fully saturated rings. The quantitative estimate of drug-likeness (QED) is 0.220. The number of aryl methyl sites for hydroxylation is 2. The average Bonchev–Trinajstić information content (AvgIpc) is 3.47. The standard InChI is InChI=1S/C30H33NO6/c1-18(2)12-14-37-24-11-10-21(16-25(24)35-5)27-26(28(32)23-15-19(3)8-9-20(23)4)29(33)30(34)31(27)17-22-7-6-13-36-22/h6-11,13,15-16,18,27,32H,12,14,17H2,1-5H3/b28-26+. The van der Waals surface area contributed by atoms with Crippen molar-refractivity contribution >= 4 is 17.4 Å². The summed E-state index contributed by atoms with van der Waals surface area (Å²) in [6.07, 6.45) is 2.41. The van der Waals surface area contributed by atoms with Crippen molar-refractivity contribution in [3.63, 3.8) is 0 Å². The highest BCUT2D eigenvalue weighted by molar-refractivity contribution is 6.46. The summed E-state index contributed by atoms with van der Waals surface area (Å²) in [6.45, 7) is 8.63. The van der Waals surface area contributed by atoms with Crippen molar-refractivity contribution in [3.05, 3.63) is 88.4 Å². The molecule has 0 radical (unpaired) electrons. The molecule has 2 heterocycles.